The van der Waals surface area contributed by atoms with Gasteiger partial charge in [-0.1, -0.05) is 6.07 Å². The summed E-state index contributed by atoms with van der Waals surface area (Å²) in [5, 5.41) is 22.3. The van der Waals surface area contributed by atoms with Gasteiger partial charge in [0.2, 0.25) is 0 Å². The Hall–Kier alpha value is -4.08. The van der Waals surface area contributed by atoms with Crippen molar-refractivity contribution in [3.63, 3.8) is 0 Å². The second-order valence-corrected chi connectivity index (χ2v) is 5.44. The third-order valence-electron chi connectivity index (χ3n) is 3.69. The van der Waals surface area contributed by atoms with Crippen LogP contribution in [0.25, 0.3) is 6.08 Å². The number of aromatic hydroxyl groups is 1. The highest BCUT2D eigenvalue weighted by Gasteiger charge is 2.36. The first-order valence-corrected chi connectivity index (χ1v) is 7.42. The van der Waals surface area contributed by atoms with Gasteiger partial charge in [0.05, 0.1) is 10.6 Å². The molecule has 1 aliphatic heterocycles. The highest BCUT2D eigenvalue weighted by Crippen LogP contribution is 2.28. The lowest BCUT2D eigenvalue weighted by Crippen LogP contribution is -2.54. The van der Waals surface area contributed by atoms with E-state index >= 15 is 0 Å². The number of urea groups is 1. The average Bonchev–Trinajstić information content (AvgIpc) is 2.61. The summed E-state index contributed by atoms with van der Waals surface area (Å²) >= 11 is 0. The SMILES string of the molecule is O=C1NC(=O)N(c2ccc(F)cc2)C(=O)/C1=C/c1ccc(O)c([N+](=O)[O-])c1. The van der Waals surface area contributed by atoms with Crippen LogP contribution >= 0.6 is 0 Å². The molecule has 1 heterocycles. The van der Waals surface area contributed by atoms with Crippen LogP contribution in [0.5, 0.6) is 5.75 Å². The second-order valence-electron chi connectivity index (χ2n) is 5.44. The molecule has 27 heavy (non-hydrogen) atoms. The number of hydrogen-bond acceptors (Lipinski definition) is 6. The quantitative estimate of drug-likeness (QED) is 0.368. The van der Waals surface area contributed by atoms with Crippen LogP contribution < -0.4 is 10.2 Å². The predicted octanol–water partition coefficient (Wildman–Crippen LogP) is 2.11. The maximum Gasteiger partial charge on any atom is 0.335 e. The number of rotatable bonds is 3. The van der Waals surface area contributed by atoms with Gasteiger partial charge in [-0.3, -0.25) is 25.0 Å². The number of nitrogens with one attached hydrogen (secondary N) is 1. The number of benzene rings is 2. The Kier molecular flexibility index (Phi) is 4.38. The Bertz CT molecular complexity index is 1020. The van der Waals surface area contributed by atoms with Crippen LogP contribution in [0.4, 0.5) is 20.6 Å². The molecule has 2 aromatic rings. The van der Waals surface area contributed by atoms with Crippen molar-refractivity contribution in [2.75, 3.05) is 4.90 Å². The summed E-state index contributed by atoms with van der Waals surface area (Å²) in [6.45, 7) is 0. The number of hydrogen-bond donors (Lipinski definition) is 2. The maximum atomic E-state index is 13.1. The molecule has 2 N–H and O–H groups in total. The molecule has 1 saturated heterocycles. The number of phenolic OH excluding ortho intramolecular Hbond substituents is 1. The number of carbonyl (C=O) groups excluding carboxylic acids is 3. The van der Waals surface area contributed by atoms with Gasteiger partial charge in [0, 0.05) is 6.07 Å². The van der Waals surface area contributed by atoms with E-state index in [0.717, 1.165) is 30.3 Å². The van der Waals surface area contributed by atoms with Crippen molar-refractivity contribution in [1.82, 2.24) is 5.32 Å². The van der Waals surface area contributed by atoms with Gasteiger partial charge in [-0.15, -0.1) is 0 Å². The Morgan fingerprint density at radius 2 is 1.78 bits per heavy atom. The van der Waals surface area contributed by atoms with Crippen LogP contribution in [-0.2, 0) is 9.59 Å². The Morgan fingerprint density at radius 3 is 2.41 bits per heavy atom. The molecule has 0 atom stereocenters. The van der Waals surface area contributed by atoms with Crippen molar-refractivity contribution < 1.29 is 28.8 Å². The lowest BCUT2D eigenvalue weighted by molar-refractivity contribution is -0.385. The van der Waals surface area contributed by atoms with Gasteiger partial charge in [0.15, 0.2) is 5.75 Å². The first-order valence-electron chi connectivity index (χ1n) is 7.42. The molecule has 3 rings (SSSR count). The summed E-state index contributed by atoms with van der Waals surface area (Å²) in [5.41, 5.74) is -0.946. The standard InChI is InChI=1S/C17H10FN3O6/c18-10-2-4-11(5-3-10)20-16(24)12(15(23)19-17(20)25)7-9-1-6-14(22)13(8-9)21(26)27/h1-8,22H,(H,19,23,25)/b12-7+. The molecule has 0 saturated carbocycles. The fourth-order valence-corrected chi connectivity index (χ4v) is 2.43. The molecule has 2 aromatic carbocycles. The molecule has 1 aliphatic rings. The molecular formula is C17H10FN3O6. The fraction of sp³-hybridized carbons (Fsp3) is 0. The summed E-state index contributed by atoms with van der Waals surface area (Å²) in [7, 11) is 0. The molecule has 0 radical (unpaired) electrons. The van der Waals surface area contributed by atoms with Crippen molar-refractivity contribution in [3.8, 4) is 5.75 Å². The summed E-state index contributed by atoms with van der Waals surface area (Å²) in [5.74, 6) is -3.12. The number of anilines is 1. The maximum absolute atomic E-state index is 13.1. The molecule has 1 fully saturated rings. The van der Waals surface area contributed by atoms with Gasteiger partial charge in [-0.05, 0) is 42.0 Å². The minimum absolute atomic E-state index is 0.0361. The van der Waals surface area contributed by atoms with Crippen LogP contribution in [0.2, 0.25) is 0 Å². The predicted molar refractivity (Wildman–Crippen MR) is 90.2 cm³/mol. The van der Waals surface area contributed by atoms with Gasteiger partial charge in [0.25, 0.3) is 11.8 Å². The number of carbonyl (C=O) groups is 3. The lowest BCUT2D eigenvalue weighted by atomic mass is 10.1. The highest BCUT2D eigenvalue weighted by atomic mass is 19.1. The van der Waals surface area contributed by atoms with Crippen molar-refractivity contribution in [2.45, 2.75) is 0 Å². The summed E-state index contributed by atoms with van der Waals surface area (Å²) in [4.78, 5) is 47.4. The van der Waals surface area contributed by atoms with E-state index in [9.17, 15) is 34.0 Å². The number of nitro benzene ring substituents is 1. The zero-order valence-electron chi connectivity index (χ0n) is 13.4. The first-order chi connectivity index (χ1) is 12.8. The number of nitrogens with zero attached hydrogens (tertiary/aromatic N) is 2. The number of amides is 4. The molecule has 0 aliphatic carbocycles. The third kappa shape index (κ3) is 3.35. The summed E-state index contributed by atoms with van der Waals surface area (Å²) < 4.78 is 13.1. The monoisotopic (exact) mass is 371 g/mol. The van der Waals surface area contributed by atoms with Crippen LogP contribution in [0.3, 0.4) is 0 Å². The zero-order chi connectivity index (χ0) is 19.7. The highest BCUT2D eigenvalue weighted by molar-refractivity contribution is 6.39. The molecule has 0 bridgehead atoms. The van der Waals surface area contributed by atoms with Crippen molar-refractivity contribution in [3.05, 3.63) is 69.5 Å². The van der Waals surface area contributed by atoms with E-state index in [1.54, 1.807) is 0 Å². The number of halogens is 1. The van der Waals surface area contributed by atoms with Crippen LogP contribution in [0.15, 0.2) is 48.0 Å². The van der Waals surface area contributed by atoms with E-state index in [4.69, 9.17) is 0 Å². The third-order valence-corrected chi connectivity index (χ3v) is 3.69. The fourth-order valence-electron chi connectivity index (χ4n) is 2.43. The minimum Gasteiger partial charge on any atom is -0.502 e. The van der Waals surface area contributed by atoms with Gasteiger partial charge in [-0.25, -0.2) is 14.1 Å². The van der Waals surface area contributed by atoms with E-state index in [0.29, 0.717) is 4.90 Å². The molecule has 4 amide bonds. The largest absolute Gasteiger partial charge is 0.502 e. The van der Waals surface area contributed by atoms with Crippen molar-refractivity contribution in [2.24, 2.45) is 0 Å². The smallest absolute Gasteiger partial charge is 0.335 e. The summed E-state index contributed by atoms with van der Waals surface area (Å²) in [6.07, 6.45) is 1.05. The number of barbiturate groups is 1. The van der Waals surface area contributed by atoms with E-state index in [2.05, 4.69) is 0 Å². The molecule has 9 nitrogen and oxygen atoms in total. The van der Waals surface area contributed by atoms with Gasteiger partial charge in [-0.2, -0.15) is 0 Å². The van der Waals surface area contributed by atoms with E-state index in [1.807, 2.05) is 5.32 Å². The topological polar surface area (TPSA) is 130 Å². The van der Waals surface area contributed by atoms with Gasteiger partial charge < -0.3 is 5.11 Å². The van der Waals surface area contributed by atoms with Crippen molar-refractivity contribution in [1.29, 1.82) is 0 Å². The number of nitro groups is 1. The average molecular weight is 371 g/mol. The zero-order valence-corrected chi connectivity index (χ0v) is 13.4. The van der Waals surface area contributed by atoms with Crippen LogP contribution in [0.1, 0.15) is 5.56 Å². The molecule has 10 heteroatoms. The lowest BCUT2D eigenvalue weighted by Gasteiger charge is -2.26. The Labute approximate surface area is 150 Å². The second kappa shape index (κ2) is 6.67. The molecule has 136 valence electrons. The van der Waals surface area contributed by atoms with Crippen LogP contribution in [-0.4, -0.2) is 27.9 Å². The minimum atomic E-state index is -1.01. The number of phenols is 1. The van der Waals surface area contributed by atoms with E-state index < -0.39 is 45.6 Å². The summed E-state index contributed by atoms with van der Waals surface area (Å²) in [6, 6.07) is 6.72. The van der Waals surface area contributed by atoms with E-state index in [1.165, 1.54) is 18.2 Å². The van der Waals surface area contributed by atoms with E-state index in [-0.39, 0.29) is 11.3 Å². The molecule has 0 unspecified atom stereocenters. The molecular weight excluding hydrogens is 361 g/mol. The van der Waals surface area contributed by atoms with Gasteiger partial charge in [0.1, 0.15) is 11.4 Å². The first kappa shape index (κ1) is 17.7. The Balaban J connectivity index is 2.03. The Morgan fingerprint density at radius 1 is 1.11 bits per heavy atom. The van der Waals surface area contributed by atoms with Gasteiger partial charge >= 0.3 is 11.7 Å². The number of imide groups is 2. The molecule has 0 aromatic heterocycles. The van der Waals surface area contributed by atoms with Crippen molar-refractivity contribution >= 4 is 35.3 Å². The normalized spacial score (nSPS) is 15.8. The molecule has 0 spiro atoms. The van der Waals surface area contributed by atoms with Crippen LogP contribution in [0, 0.1) is 15.9 Å².